The summed E-state index contributed by atoms with van der Waals surface area (Å²) in [6.45, 7) is 2.04. The molecule has 0 spiro atoms. The minimum absolute atomic E-state index is 0.183. The third-order valence-corrected chi connectivity index (χ3v) is 6.81. The molecule has 1 amide bonds. The molecule has 0 unspecified atom stereocenters. The minimum Gasteiger partial charge on any atom is -0.495 e. The summed E-state index contributed by atoms with van der Waals surface area (Å²) in [6, 6.07) is 15.3. The first-order chi connectivity index (χ1) is 15.5. The molecule has 3 aromatic carbocycles. The molecule has 1 aliphatic rings. The molecule has 1 saturated heterocycles. The van der Waals surface area contributed by atoms with E-state index in [1.807, 2.05) is 42.5 Å². The highest BCUT2D eigenvalue weighted by Gasteiger charge is 2.19. The summed E-state index contributed by atoms with van der Waals surface area (Å²) in [5.74, 6) is 0.0970. The number of thiocarbonyl (C=S) groups is 1. The van der Waals surface area contributed by atoms with Gasteiger partial charge < -0.3 is 15.0 Å². The van der Waals surface area contributed by atoms with Gasteiger partial charge in [-0.3, -0.25) is 10.1 Å². The Labute approximate surface area is 206 Å². The van der Waals surface area contributed by atoms with Gasteiger partial charge in [0.25, 0.3) is 5.91 Å². The van der Waals surface area contributed by atoms with E-state index in [4.69, 9.17) is 28.6 Å². The zero-order chi connectivity index (χ0) is 22.7. The highest BCUT2D eigenvalue weighted by Crippen LogP contribution is 2.36. The van der Waals surface area contributed by atoms with Crippen LogP contribution in [0.5, 0.6) is 5.75 Å². The highest BCUT2D eigenvalue weighted by molar-refractivity contribution is 9.10. The van der Waals surface area contributed by atoms with Gasteiger partial charge in [0.15, 0.2) is 5.11 Å². The van der Waals surface area contributed by atoms with Gasteiger partial charge in [-0.25, -0.2) is 0 Å². The number of ether oxygens (including phenoxy) is 1. The highest BCUT2D eigenvalue weighted by atomic mass is 79.9. The number of carbonyl (C=O) groups is 1. The first kappa shape index (κ1) is 22.8. The van der Waals surface area contributed by atoms with Gasteiger partial charge >= 0.3 is 0 Å². The quantitative estimate of drug-likeness (QED) is 0.382. The number of piperidine rings is 1. The van der Waals surface area contributed by atoms with E-state index >= 15 is 0 Å². The summed E-state index contributed by atoms with van der Waals surface area (Å²) < 4.78 is 6.22. The molecule has 0 aliphatic carbocycles. The number of benzene rings is 3. The lowest BCUT2D eigenvalue weighted by molar-refractivity contribution is 0.0975. The molecule has 0 atom stereocenters. The third-order valence-electron chi connectivity index (χ3n) is 5.52. The zero-order valence-electron chi connectivity index (χ0n) is 17.6. The normalized spacial score (nSPS) is 13.7. The Morgan fingerprint density at radius 2 is 1.88 bits per heavy atom. The van der Waals surface area contributed by atoms with Crippen LogP contribution in [0.2, 0.25) is 5.02 Å². The Morgan fingerprint density at radius 1 is 1.12 bits per heavy atom. The van der Waals surface area contributed by atoms with E-state index < -0.39 is 0 Å². The number of anilines is 2. The lowest BCUT2D eigenvalue weighted by Crippen LogP contribution is -2.34. The van der Waals surface area contributed by atoms with Crippen molar-refractivity contribution in [2.75, 3.05) is 30.4 Å². The largest absolute Gasteiger partial charge is 0.495 e. The first-order valence-corrected chi connectivity index (χ1v) is 12.0. The SMILES string of the molecule is COc1c(C(=O)NC(=S)Nc2ccc(N3CCCCC3)c(Cl)c2)cc2ccccc2c1Br. The molecular formula is C24H23BrClN3O2S. The van der Waals surface area contributed by atoms with Crippen LogP contribution < -0.4 is 20.3 Å². The predicted octanol–water partition coefficient (Wildman–Crippen LogP) is 6.38. The number of amides is 1. The van der Waals surface area contributed by atoms with Crippen molar-refractivity contribution in [2.24, 2.45) is 0 Å². The first-order valence-electron chi connectivity index (χ1n) is 10.4. The number of methoxy groups -OCH3 is 1. The molecule has 0 saturated carbocycles. The summed E-state index contributed by atoms with van der Waals surface area (Å²) in [4.78, 5) is 15.3. The van der Waals surface area contributed by atoms with E-state index in [1.54, 1.807) is 6.07 Å². The average Bonchev–Trinajstić information content (AvgIpc) is 2.79. The van der Waals surface area contributed by atoms with Gasteiger partial charge in [-0.05, 0) is 82.4 Å². The summed E-state index contributed by atoms with van der Waals surface area (Å²) in [5.41, 5.74) is 2.13. The fourth-order valence-electron chi connectivity index (χ4n) is 3.96. The van der Waals surface area contributed by atoms with Crippen LogP contribution in [0.25, 0.3) is 10.8 Å². The summed E-state index contributed by atoms with van der Waals surface area (Å²) in [5, 5.41) is 8.51. The summed E-state index contributed by atoms with van der Waals surface area (Å²) in [7, 11) is 1.54. The molecule has 0 bridgehead atoms. The van der Waals surface area contributed by atoms with E-state index in [-0.39, 0.29) is 11.0 Å². The van der Waals surface area contributed by atoms with E-state index in [0.29, 0.717) is 22.0 Å². The van der Waals surface area contributed by atoms with E-state index in [1.165, 1.54) is 26.4 Å². The van der Waals surface area contributed by atoms with Crippen molar-refractivity contribution in [3.8, 4) is 5.75 Å². The Balaban J connectivity index is 1.49. The van der Waals surface area contributed by atoms with Gasteiger partial charge in [0, 0.05) is 18.8 Å². The number of hydrogen-bond donors (Lipinski definition) is 2. The molecule has 1 fully saturated rings. The topological polar surface area (TPSA) is 53.6 Å². The van der Waals surface area contributed by atoms with Gasteiger partial charge in [-0.1, -0.05) is 35.9 Å². The molecule has 2 N–H and O–H groups in total. The van der Waals surface area contributed by atoms with Crippen LogP contribution in [0.3, 0.4) is 0 Å². The molecule has 8 heteroatoms. The average molecular weight is 533 g/mol. The smallest absolute Gasteiger partial charge is 0.261 e. The number of carbonyl (C=O) groups excluding carboxylic acids is 1. The molecule has 3 aromatic rings. The maximum absolute atomic E-state index is 13.0. The third kappa shape index (κ3) is 4.85. The molecule has 0 radical (unpaired) electrons. The van der Waals surface area contributed by atoms with Crippen LogP contribution in [0.4, 0.5) is 11.4 Å². The number of nitrogens with zero attached hydrogens (tertiary/aromatic N) is 1. The fraction of sp³-hybridized carbons (Fsp3) is 0.250. The summed E-state index contributed by atoms with van der Waals surface area (Å²) >= 11 is 15.5. The van der Waals surface area contributed by atoms with Crippen LogP contribution in [0.15, 0.2) is 53.0 Å². The molecular weight excluding hydrogens is 510 g/mol. The predicted molar refractivity (Wildman–Crippen MR) is 139 cm³/mol. The van der Waals surface area contributed by atoms with Gasteiger partial charge in [0.2, 0.25) is 0 Å². The minimum atomic E-state index is -0.359. The van der Waals surface area contributed by atoms with Crippen molar-refractivity contribution < 1.29 is 9.53 Å². The van der Waals surface area contributed by atoms with Crippen molar-refractivity contribution in [3.05, 3.63) is 63.6 Å². The standard InChI is InChI=1S/C24H23BrClN3O2S/c1-31-22-18(13-15-7-3-4-8-17(15)21(22)25)23(30)28-24(32)27-16-9-10-20(19(26)14-16)29-11-5-2-6-12-29/h3-4,7-10,13-14H,2,5-6,11-12H2,1H3,(H2,27,28,30,32). The Bertz CT molecular complexity index is 1180. The number of fused-ring (bicyclic) bond motifs is 1. The number of hydrogen-bond acceptors (Lipinski definition) is 4. The maximum atomic E-state index is 13.0. The Morgan fingerprint density at radius 3 is 2.59 bits per heavy atom. The van der Waals surface area contributed by atoms with Crippen molar-refractivity contribution in [3.63, 3.8) is 0 Å². The van der Waals surface area contributed by atoms with E-state index in [0.717, 1.165) is 34.0 Å². The second kappa shape index (κ2) is 10.1. The second-order valence-corrected chi connectivity index (χ2v) is 9.22. The van der Waals surface area contributed by atoms with Gasteiger partial charge in [0.05, 0.1) is 27.9 Å². The lowest BCUT2D eigenvalue weighted by atomic mass is 10.1. The fourth-order valence-corrected chi connectivity index (χ4v) is 5.21. The molecule has 5 nitrogen and oxygen atoms in total. The van der Waals surface area contributed by atoms with Crippen molar-refractivity contribution in [1.29, 1.82) is 0 Å². The zero-order valence-corrected chi connectivity index (χ0v) is 20.7. The van der Waals surface area contributed by atoms with Crippen LogP contribution >= 0.6 is 39.7 Å². The van der Waals surface area contributed by atoms with E-state index in [9.17, 15) is 4.79 Å². The number of nitrogens with one attached hydrogen (secondary N) is 2. The molecule has 1 heterocycles. The van der Waals surface area contributed by atoms with Crippen LogP contribution in [-0.4, -0.2) is 31.2 Å². The van der Waals surface area contributed by atoms with E-state index in [2.05, 4.69) is 31.5 Å². The molecule has 4 rings (SSSR count). The van der Waals surface area contributed by atoms with Crippen molar-refractivity contribution in [1.82, 2.24) is 5.32 Å². The monoisotopic (exact) mass is 531 g/mol. The van der Waals surface area contributed by atoms with Crippen LogP contribution in [-0.2, 0) is 0 Å². The molecule has 1 aliphatic heterocycles. The Kier molecular flexibility index (Phi) is 7.18. The van der Waals surface area contributed by atoms with Crippen LogP contribution in [0.1, 0.15) is 29.6 Å². The number of halogens is 2. The second-order valence-electron chi connectivity index (χ2n) is 7.61. The van der Waals surface area contributed by atoms with Gasteiger partial charge in [0.1, 0.15) is 5.75 Å². The van der Waals surface area contributed by atoms with Crippen molar-refractivity contribution >= 4 is 72.9 Å². The van der Waals surface area contributed by atoms with Gasteiger partial charge in [-0.2, -0.15) is 0 Å². The summed E-state index contributed by atoms with van der Waals surface area (Å²) in [6.07, 6.45) is 3.63. The lowest BCUT2D eigenvalue weighted by Gasteiger charge is -2.29. The van der Waals surface area contributed by atoms with Crippen LogP contribution in [0, 0.1) is 0 Å². The van der Waals surface area contributed by atoms with Gasteiger partial charge in [-0.15, -0.1) is 0 Å². The van der Waals surface area contributed by atoms with Crippen molar-refractivity contribution in [2.45, 2.75) is 19.3 Å². The molecule has 0 aromatic heterocycles. The molecule has 32 heavy (non-hydrogen) atoms. The maximum Gasteiger partial charge on any atom is 0.261 e. The molecule has 166 valence electrons. The number of rotatable bonds is 4. The Hall–Kier alpha value is -2.35.